The predicted molar refractivity (Wildman–Crippen MR) is 160 cm³/mol. The minimum absolute atomic E-state index is 0.00367. The van der Waals surface area contributed by atoms with Crippen molar-refractivity contribution in [3.8, 4) is 0 Å². The van der Waals surface area contributed by atoms with Crippen LogP contribution in [0, 0.1) is 11.8 Å². The fourth-order valence-corrected chi connectivity index (χ4v) is 9.56. The molecule has 0 spiro atoms. The van der Waals surface area contributed by atoms with Crippen LogP contribution in [0.3, 0.4) is 0 Å². The molecule has 218 valence electrons. The maximum absolute atomic E-state index is 11.9. The Morgan fingerprint density at radius 2 is 1.21 bits per heavy atom. The molecule has 38 heavy (non-hydrogen) atoms. The molecular weight excluding hydrogens is 583 g/mol. The summed E-state index contributed by atoms with van der Waals surface area (Å²) < 4.78 is 13.4. The van der Waals surface area contributed by atoms with E-state index in [1.165, 1.54) is 51.0 Å². The van der Waals surface area contributed by atoms with Crippen LogP contribution < -0.4 is 0 Å². The molecule has 0 aliphatic carbocycles. The van der Waals surface area contributed by atoms with Crippen LogP contribution >= 0.6 is 0 Å². The van der Waals surface area contributed by atoms with Crippen LogP contribution in [0.15, 0.2) is 12.1 Å². The summed E-state index contributed by atoms with van der Waals surface area (Å²) in [6.45, 7) is 13.2. The summed E-state index contributed by atoms with van der Waals surface area (Å²) in [5.74, 6) is -0.917. The number of carboxylic acid groups (broad SMARTS) is 2. The van der Waals surface area contributed by atoms with Crippen molar-refractivity contribution in [3.05, 3.63) is 34.4 Å². The monoisotopic (exact) mass is 640 g/mol. The summed E-state index contributed by atoms with van der Waals surface area (Å²) in [5.41, 5.74) is 1.65. The van der Waals surface area contributed by atoms with E-state index in [0.717, 1.165) is 58.5 Å². The normalized spacial score (nSPS) is 10.9. The number of unbranched alkanes of at least 4 members (excludes halogenated alkanes) is 6. The van der Waals surface area contributed by atoms with Gasteiger partial charge >= 0.3 is 83.2 Å². The van der Waals surface area contributed by atoms with Gasteiger partial charge in [0.1, 0.15) is 0 Å². The van der Waals surface area contributed by atoms with Gasteiger partial charge in [-0.1, -0.05) is 72.3 Å². The molecule has 0 aliphatic heterocycles. The molecule has 0 radical (unpaired) electrons. The van der Waals surface area contributed by atoms with Crippen molar-refractivity contribution in [2.75, 3.05) is 0 Å². The van der Waals surface area contributed by atoms with E-state index in [1.807, 2.05) is 6.07 Å². The van der Waals surface area contributed by atoms with E-state index in [-0.39, 0.29) is 11.1 Å². The van der Waals surface area contributed by atoms with E-state index in [1.54, 1.807) is 0 Å². The first kappa shape index (κ1) is 36.8. The number of carbonyl (C=O) groups is 2. The Bertz CT molecular complexity index is 806. The Hall–Kier alpha value is -1.24. The van der Waals surface area contributed by atoms with E-state index in [9.17, 15) is 22.9 Å². The molecule has 0 atom stereocenters. The zero-order chi connectivity index (χ0) is 28.9. The molecular formula is C32H56O5Sn. The summed E-state index contributed by atoms with van der Waals surface area (Å²) in [5, 5.41) is 19.1. The molecule has 0 fully saturated rings. The third kappa shape index (κ3) is 17.4. The van der Waals surface area contributed by atoms with Gasteiger partial charge in [0.25, 0.3) is 0 Å². The zero-order valence-electron chi connectivity index (χ0n) is 25.2. The number of aromatic carboxylic acids is 2. The van der Waals surface area contributed by atoms with Gasteiger partial charge in [-0.2, -0.15) is 0 Å². The standard InChI is InChI=1S/C24H38O4.2C4H9.O.Sn/c1-17(2)11-7-5-9-13-19-15-16-21(23(25)26)22(24(27)28)20(19)14-10-6-8-12-18(3)4;2*1-3-4-2;;/h15-18H,5-14H2,1-4H3,(H,25,26)(H,27,28);2*1,3-4H2,2H3;;. The molecule has 0 heterocycles. The van der Waals surface area contributed by atoms with Gasteiger partial charge < -0.3 is 10.2 Å². The van der Waals surface area contributed by atoms with Crippen LogP contribution in [0.25, 0.3) is 0 Å². The number of hydrogen-bond donors (Lipinski definition) is 2. The van der Waals surface area contributed by atoms with Crippen molar-refractivity contribution in [1.82, 2.24) is 0 Å². The van der Waals surface area contributed by atoms with Gasteiger partial charge in [0.15, 0.2) is 0 Å². The molecule has 0 amide bonds. The first-order chi connectivity index (χ1) is 18.0. The van der Waals surface area contributed by atoms with Crippen LogP contribution in [-0.4, -0.2) is 41.9 Å². The van der Waals surface area contributed by atoms with Gasteiger partial charge in [-0.25, -0.2) is 9.59 Å². The maximum atomic E-state index is 11.9. The average molecular weight is 640 g/mol. The molecule has 1 aromatic rings. The molecule has 0 aromatic heterocycles. The van der Waals surface area contributed by atoms with Crippen LogP contribution in [0.4, 0.5) is 0 Å². The Kier molecular flexibility index (Phi) is 21.8. The Labute approximate surface area is 240 Å². The van der Waals surface area contributed by atoms with E-state index < -0.39 is 31.7 Å². The van der Waals surface area contributed by atoms with Crippen molar-refractivity contribution in [2.45, 2.75) is 140 Å². The fourth-order valence-electron chi connectivity index (χ4n) is 4.58. The van der Waals surface area contributed by atoms with Crippen LogP contribution in [0.5, 0.6) is 0 Å². The predicted octanol–water partition coefficient (Wildman–Crippen LogP) is 9.61. The Morgan fingerprint density at radius 1 is 0.711 bits per heavy atom. The topological polar surface area (TPSA) is 91.7 Å². The second kappa shape index (κ2) is 22.6. The van der Waals surface area contributed by atoms with Crippen molar-refractivity contribution in [1.29, 1.82) is 0 Å². The first-order valence-corrected chi connectivity index (χ1v) is 20.4. The van der Waals surface area contributed by atoms with E-state index in [0.29, 0.717) is 18.3 Å². The number of rotatable bonds is 20. The minimum atomic E-state index is -1.99. The molecule has 0 aliphatic rings. The summed E-state index contributed by atoms with van der Waals surface area (Å²) >= 11 is -1.99. The Balaban J connectivity index is 0.00000115. The van der Waals surface area contributed by atoms with Gasteiger partial charge in [-0.05, 0) is 54.7 Å². The molecule has 0 saturated heterocycles. The van der Waals surface area contributed by atoms with Crippen LogP contribution in [-0.2, 0) is 15.9 Å². The van der Waals surface area contributed by atoms with Crippen LogP contribution in [0.1, 0.15) is 150 Å². The molecule has 1 aromatic carbocycles. The number of aryl methyl sites for hydroxylation is 1. The summed E-state index contributed by atoms with van der Waals surface area (Å²) in [6.07, 6.45) is 15.0. The third-order valence-electron chi connectivity index (χ3n) is 6.91. The van der Waals surface area contributed by atoms with Gasteiger partial charge in [0, 0.05) is 0 Å². The molecule has 6 heteroatoms. The van der Waals surface area contributed by atoms with Gasteiger partial charge in [-0.3, -0.25) is 0 Å². The van der Waals surface area contributed by atoms with E-state index in [2.05, 4.69) is 41.5 Å². The summed E-state index contributed by atoms with van der Waals surface area (Å²) in [7, 11) is 0. The first-order valence-electron chi connectivity index (χ1n) is 15.2. The van der Waals surface area contributed by atoms with Gasteiger partial charge in [0.2, 0.25) is 0 Å². The van der Waals surface area contributed by atoms with E-state index >= 15 is 0 Å². The van der Waals surface area contributed by atoms with Crippen molar-refractivity contribution < 1.29 is 22.9 Å². The van der Waals surface area contributed by atoms with E-state index in [4.69, 9.17) is 0 Å². The molecule has 0 saturated carbocycles. The quantitative estimate of drug-likeness (QED) is 0.110. The molecule has 5 nitrogen and oxygen atoms in total. The van der Waals surface area contributed by atoms with Crippen LogP contribution in [0.2, 0.25) is 8.87 Å². The number of carboxylic acids is 2. The average Bonchev–Trinajstić information content (AvgIpc) is 2.85. The molecule has 2 N–H and O–H groups in total. The number of hydrogen-bond acceptors (Lipinski definition) is 3. The Morgan fingerprint density at radius 3 is 1.63 bits per heavy atom. The molecule has 0 unspecified atom stereocenters. The number of benzene rings is 1. The fraction of sp³-hybridized carbons (Fsp3) is 0.750. The molecule has 0 bridgehead atoms. The van der Waals surface area contributed by atoms with Crippen molar-refractivity contribution >= 4 is 31.7 Å². The summed E-state index contributed by atoms with van der Waals surface area (Å²) in [6, 6.07) is 3.30. The second-order valence-corrected chi connectivity index (χ2v) is 17.4. The van der Waals surface area contributed by atoms with Crippen molar-refractivity contribution in [2.24, 2.45) is 11.8 Å². The molecule has 1 rings (SSSR count). The van der Waals surface area contributed by atoms with Gasteiger partial charge in [0.05, 0.1) is 11.1 Å². The SMILES string of the molecule is CC(C)CCCCCc1ccc(C(=O)O)c(C(=O)O)c1CCCCCC(C)C.CCC[CH2][Sn](=[O])[CH2]CCC. The summed E-state index contributed by atoms with van der Waals surface area (Å²) in [4.78, 5) is 23.4. The van der Waals surface area contributed by atoms with Crippen molar-refractivity contribution in [3.63, 3.8) is 0 Å². The van der Waals surface area contributed by atoms with Gasteiger partial charge in [-0.15, -0.1) is 0 Å². The second-order valence-electron chi connectivity index (χ2n) is 11.5. The zero-order valence-corrected chi connectivity index (χ0v) is 28.1. The third-order valence-corrected chi connectivity index (χ3v) is 12.1.